The Morgan fingerprint density at radius 1 is 1.67 bits per heavy atom. The van der Waals surface area contributed by atoms with Crippen molar-refractivity contribution in [3.63, 3.8) is 0 Å². The molecule has 84 valence electrons. The molecular weight excluding hydrogens is 208 g/mol. The van der Waals surface area contributed by atoms with Gasteiger partial charge in [0.2, 0.25) is 5.91 Å². The van der Waals surface area contributed by atoms with Gasteiger partial charge in [0, 0.05) is 25.9 Å². The number of carbonyl (C=O) groups is 1. The fourth-order valence-corrected chi connectivity index (χ4v) is 2.77. The van der Waals surface area contributed by atoms with E-state index in [9.17, 15) is 4.79 Å². The molecule has 4 heteroatoms. The highest BCUT2D eigenvalue weighted by Gasteiger charge is 2.46. The zero-order valence-electron chi connectivity index (χ0n) is 9.16. The normalized spacial score (nSPS) is 28.2. The number of hydrogen-bond donors (Lipinski definition) is 1. The van der Waals surface area contributed by atoms with Crippen molar-refractivity contribution in [1.29, 1.82) is 0 Å². The summed E-state index contributed by atoms with van der Waals surface area (Å²) < 4.78 is 0. The Labute approximate surface area is 96.0 Å². The fraction of sp³-hybridized carbons (Fsp3) is 0.818. The van der Waals surface area contributed by atoms with Gasteiger partial charge in [-0.1, -0.05) is 19.1 Å². The summed E-state index contributed by atoms with van der Waals surface area (Å²) in [5.74, 6) is 0.815. The summed E-state index contributed by atoms with van der Waals surface area (Å²) in [6, 6.07) is 0. The van der Waals surface area contributed by atoms with Gasteiger partial charge in [-0.05, 0) is 24.2 Å². The van der Waals surface area contributed by atoms with E-state index in [-0.39, 0.29) is 5.41 Å². The average Bonchev–Trinajstić information content (AvgIpc) is 2.74. The van der Waals surface area contributed by atoms with E-state index in [0.717, 1.165) is 19.5 Å². The van der Waals surface area contributed by atoms with Crippen molar-refractivity contribution in [2.45, 2.75) is 32.6 Å². The van der Waals surface area contributed by atoms with Crippen LogP contribution < -0.4 is 5.73 Å². The van der Waals surface area contributed by atoms with Crippen molar-refractivity contribution >= 4 is 23.1 Å². The van der Waals surface area contributed by atoms with Crippen molar-refractivity contribution in [2.24, 2.45) is 17.1 Å². The van der Waals surface area contributed by atoms with Gasteiger partial charge in [-0.3, -0.25) is 4.79 Å². The SMILES string of the molecule is CC1CC(=O)N(CC2(CC(N)=S)CC2)C1. The number of likely N-dealkylation sites (tertiary alicyclic amines) is 1. The molecule has 1 aliphatic heterocycles. The van der Waals surface area contributed by atoms with Crippen molar-refractivity contribution in [1.82, 2.24) is 4.90 Å². The molecule has 0 spiro atoms. The molecule has 2 N–H and O–H groups in total. The lowest BCUT2D eigenvalue weighted by Gasteiger charge is -2.23. The lowest BCUT2D eigenvalue weighted by molar-refractivity contribution is -0.128. The van der Waals surface area contributed by atoms with Crippen molar-refractivity contribution in [3.8, 4) is 0 Å². The van der Waals surface area contributed by atoms with Gasteiger partial charge in [0.25, 0.3) is 0 Å². The molecule has 1 unspecified atom stereocenters. The number of amides is 1. The largest absolute Gasteiger partial charge is 0.393 e. The van der Waals surface area contributed by atoms with Gasteiger partial charge >= 0.3 is 0 Å². The van der Waals surface area contributed by atoms with Gasteiger partial charge in [0.05, 0.1) is 4.99 Å². The van der Waals surface area contributed by atoms with Crippen molar-refractivity contribution in [2.75, 3.05) is 13.1 Å². The van der Waals surface area contributed by atoms with Crippen LogP contribution in [0.4, 0.5) is 0 Å². The quantitative estimate of drug-likeness (QED) is 0.735. The van der Waals surface area contributed by atoms with Crippen LogP contribution in [-0.2, 0) is 4.79 Å². The smallest absolute Gasteiger partial charge is 0.222 e. The van der Waals surface area contributed by atoms with Crippen LogP contribution in [0.25, 0.3) is 0 Å². The predicted molar refractivity (Wildman–Crippen MR) is 63.4 cm³/mol. The number of thiocarbonyl (C=S) groups is 1. The highest BCUT2D eigenvalue weighted by atomic mass is 32.1. The first-order valence-corrected chi connectivity index (χ1v) is 5.98. The Balaban J connectivity index is 1.91. The molecule has 3 nitrogen and oxygen atoms in total. The van der Waals surface area contributed by atoms with E-state index < -0.39 is 0 Å². The van der Waals surface area contributed by atoms with Crippen LogP contribution in [0.15, 0.2) is 0 Å². The van der Waals surface area contributed by atoms with E-state index >= 15 is 0 Å². The molecule has 1 atom stereocenters. The van der Waals surface area contributed by atoms with Gasteiger partial charge in [-0.25, -0.2) is 0 Å². The second-order valence-electron chi connectivity index (χ2n) is 5.23. The van der Waals surface area contributed by atoms with Gasteiger partial charge in [-0.15, -0.1) is 0 Å². The summed E-state index contributed by atoms with van der Waals surface area (Å²) in [7, 11) is 0. The molecule has 1 aliphatic carbocycles. The molecule has 0 aromatic carbocycles. The molecule has 15 heavy (non-hydrogen) atoms. The average molecular weight is 226 g/mol. The van der Waals surface area contributed by atoms with Crippen molar-refractivity contribution < 1.29 is 4.79 Å². The van der Waals surface area contributed by atoms with E-state index in [1.165, 1.54) is 12.8 Å². The minimum atomic E-state index is 0.242. The highest BCUT2D eigenvalue weighted by Crippen LogP contribution is 2.49. The van der Waals surface area contributed by atoms with Gasteiger partial charge in [0.15, 0.2) is 0 Å². The number of nitrogens with zero attached hydrogens (tertiary/aromatic N) is 1. The van der Waals surface area contributed by atoms with E-state index in [4.69, 9.17) is 18.0 Å². The van der Waals surface area contributed by atoms with Crippen LogP contribution in [0.2, 0.25) is 0 Å². The summed E-state index contributed by atoms with van der Waals surface area (Å²) in [4.78, 5) is 14.2. The number of carbonyl (C=O) groups excluding carboxylic acids is 1. The van der Waals surface area contributed by atoms with Gasteiger partial charge in [-0.2, -0.15) is 0 Å². The molecule has 2 rings (SSSR count). The Kier molecular flexibility index (Phi) is 2.71. The lowest BCUT2D eigenvalue weighted by Crippen LogP contribution is -2.33. The minimum Gasteiger partial charge on any atom is -0.393 e. The van der Waals surface area contributed by atoms with Crippen LogP contribution in [0, 0.1) is 11.3 Å². The highest BCUT2D eigenvalue weighted by molar-refractivity contribution is 7.80. The summed E-state index contributed by atoms with van der Waals surface area (Å²) >= 11 is 4.95. The summed E-state index contributed by atoms with van der Waals surface area (Å²) in [5, 5.41) is 0. The van der Waals surface area contributed by atoms with E-state index in [1.54, 1.807) is 0 Å². The molecule has 1 saturated heterocycles. The van der Waals surface area contributed by atoms with Crippen LogP contribution in [0.5, 0.6) is 0 Å². The minimum absolute atomic E-state index is 0.242. The lowest BCUT2D eigenvalue weighted by atomic mass is 10.0. The Bertz CT molecular complexity index is 299. The molecule has 0 aromatic heterocycles. The molecular formula is C11H18N2OS. The molecule has 1 heterocycles. The molecule has 0 radical (unpaired) electrons. The van der Waals surface area contributed by atoms with Crippen LogP contribution >= 0.6 is 12.2 Å². The second kappa shape index (κ2) is 3.74. The maximum Gasteiger partial charge on any atom is 0.222 e. The maximum absolute atomic E-state index is 11.6. The number of hydrogen-bond acceptors (Lipinski definition) is 2. The van der Waals surface area contributed by atoms with Gasteiger partial charge in [0.1, 0.15) is 0 Å². The third-order valence-electron chi connectivity index (χ3n) is 3.44. The standard InChI is InChI=1S/C11H18N2OS/c1-8-4-10(14)13(6-8)7-11(2-3-11)5-9(12)15/h8H,2-7H2,1H3,(H2,12,15). The van der Waals surface area contributed by atoms with E-state index in [2.05, 4.69) is 6.92 Å². The first-order valence-electron chi connectivity index (χ1n) is 5.57. The zero-order chi connectivity index (χ0) is 11.1. The van der Waals surface area contributed by atoms with Crippen LogP contribution in [-0.4, -0.2) is 28.9 Å². The third kappa shape index (κ3) is 2.48. The summed E-state index contributed by atoms with van der Waals surface area (Å²) in [6.45, 7) is 3.91. The monoisotopic (exact) mass is 226 g/mol. The van der Waals surface area contributed by atoms with E-state index in [0.29, 0.717) is 23.2 Å². The first-order chi connectivity index (χ1) is 7.01. The maximum atomic E-state index is 11.6. The Morgan fingerprint density at radius 2 is 2.33 bits per heavy atom. The Morgan fingerprint density at radius 3 is 2.73 bits per heavy atom. The molecule has 0 aromatic rings. The van der Waals surface area contributed by atoms with Gasteiger partial charge < -0.3 is 10.6 Å². The number of rotatable bonds is 4. The molecule has 2 aliphatic rings. The second-order valence-corrected chi connectivity index (χ2v) is 5.75. The first kappa shape index (κ1) is 10.9. The summed E-state index contributed by atoms with van der Waals surface area (Å²) in [6.07, 6.45) is 3.86. The molecule has 1 amide bonds. The molecule has 2 fully saturated rings. The molecule has 0 bridgehead atoms. The van der Waals surface area contributed by atoms with E-state index in [1.807, 2.05) is 4.90 Å². The fourth-order valence-electron chi connectivity index (χ4n) is 2.46. The zero-order valence-corrected chi connectivity index (χ0v) is 9.98. The molecule has 1 saturated carbocycles. The Hall–Kier alpha value is -0.640. The topological polar surface area (TPSA) is 46.3 Å². The van der Waals surface area contributed by atoms with Crippen molar-refractivity contribution in [3.05, 3.63) is 0 Å². The van der Waals surface area contributed by atoms with Crippen LogP contribution in [0.1, 0.15) is 32.6 Å². The number of nitrogens with two attached hydrogens (primary N) is 1. The third-order valence-corrected chi connectivity index (χ3v) is 3.58. The summed E-state index contributed by atoms with van der Waals surface area (Å²) in [5.41, 5.74) is 5.82. The predicted octanol–water partition coefficient (Wildman–Crippen LogP) is 1.31. The van der Waals surface area contributed by atoms with Crippen LogP contribution in [0.3, 0.4) is 0 Å².